The van der Waals surface area contributed by atoms with Crippen molar-refractivity contribution in [1.29, 1.82) is 0 Å². The number of hydrogen-bond acceptors (Lipinski definition) is 12. The molecule has 91 heavy (non-hydrogen) atoms. The van der Waals surface area contributed by atoms with Crippen LogP contribution in [0, 0.1) is 13.8 Å². The maximum absolute atomic E-state index is 12.6. The van der Waals surface area contributed by atoms with Crippen LogP contribution in [0.15, 0.2) is 130 Å². The summed E-state index contributed by atoms with van der Waals surface area (Å²) in [5.74, 6) is 2.17. The zero-order valence-corrected chi connectivity index (χ0v) is 56.1. The number of aryl methyl sites for hydroxylation is 2. The van der Waals surface area contributed by atoms with Gasteiger partial charge in [-0.2, -0.15) is 0 Å². The molecule has 6 aliphatic heterocycles. The number of carbonyl (C=O) groups excluding carboxylic acids is 4. The topological polar surface area (TPSA) is 138 Å². The Bertz CT molecular complexity index is 3980. The fourth-order valence-corrected chi connectivity index (χ4v) is 12.6. The van der Waals surface area contributed by atoms with Crippen LogP contribution >= 0.6 is 0 Å². The first-order valence-electron chi connectivity index (χ1n) is 31.7. The van der Waals surface area contributed by atoms with E-state index in [1.165, 1.54) is 22.3 Å². The molecule has 6 heterocycles. The number of hydrogen-bond donors (Lipinski definition) is 0. The van der Waals surface area contributed by atoms with Gasteiger partial charge in [-0.05, 0) is 110 Å². The molecule has 2 amide bonds. The molecule has 0 atom stereocenters. The Kier molecular flexibility index (Phi) is 21.5. The quantitative estimate of drug-likeness (QED) is 0.145. The van der Waals surface area contributed by atoms with Crippen molar-refractivity contribution < 1.29 is 62.3 Å². The molecule has 16 nitrogen and oxygen atoms in total. The minimum atomic E-state index is -0.505. The van der Waals surface area contributed by atoms with Gasteiger partial charge < -0.3 is 62.7 Å². The molecule has 4 aromatic rings. The van der Waals surface area contributed by atoms with Gasteiger partial charge in [0.1, 0.15) is 40.7 Å². The molecule has 0 unspecified atom stereocenters. The maximum Gasteiger partial charge on any atom is 0.410 e. The summed E-state index contributed by atoms with van der Waals surface area (Å²) in [4.78, 5) is 61.4. The average Bonchev–Trinajstić information content (AvgIpc) is 0.772. The second kappa shape index (κ2) is 28.9. The molecular weight excluding hydrogens is 1190 g/mol. The molecule has 8 aliphatic rings. The second-order valence-electron chi connectivity index (χ2n) is 26.5. The number of halogens is 2. The van der Waals surface area contributed by atoms with Crippen LogP contribution in [0.3, 0.4) is 0 Å². The standard InChI is InChI=1S/C38H47N4O4.C35H41N4O4.2ClH/c1-27-6-8-29(9-7-27)37-33-12-10-30(41-18-14-39(15-19-41)24-28(2)43)22-35(33)46-36-23-31(11-13-34(36)37)42-20-16-40(17-21-42)25-32(44)26-45-38(3,4)5;1-24-6-8-26(9-7-24)33-29-12-10-27(37-16-14-36(15-17-37)25(2)40)22-31(29)42-32-23-28(11-13-30(32)33)38-18-20-39(21-19-38)34(41)43-35(3,4)5;;/h6-13,22-23H,14-21,24-26H2,1-5H3;6-13,22-23H,14-21H2,1-5H3;2*1H/q2*+1;;/p-2. The predicted octanol–water partition coefficient (Wildman–Crippen LogP) is 3.91. The first-order chi connectivity index (χ1) is 42.6. The largest absolute Gasteiger partial charge is 1.00 e. The summed E-state index contributed by atoms with van der Waals surface area (Å²) >= 11 is 0. The number of piperazine rings is 4. The molecule has 4 fully saturated rings. The highest BCUT2D eigenvalue weighted by molar-refractivity contribution is 6.04. The van der Waals surface area contributed by atoms with E-state index in [1.807, 2.05) is 46.4 Å². The molecule has 2 aliphatic carbocycles. The molecule has 0 spiro atoms. The van der Waals surface area contributed by atoms with Gasteiger partial charge >= 0.3 is 6.09 Å². The number of ketones is 2. The van der Waals surface area contributed by atoms with E-state index in [-0.39, 0.29) is 60.6 Å². The van der Waals surface area contributed by atoms with Gasteiger partial charge in [-0.15, -0.1) is 0 Å². The fourth-order valence-electron chi connectivity index (χ4n) is 12.6. The summed E-state index contributed by atoms with van der Waals surface area (Å²) in [6, 6.07) is 43.5. The molecule has 0 N–H and O–H groups in total. The van der Waals surface area contributed by atoms with Crippen molar-refractivity contribution in [2.24, 2.45) is 0 Å². The molecule has 0 saturated carbocycles. The van der Waals surface area contributed by atoms with Crippen LogP contribution in [0.4, 0.5) is 16.2 Å². The van der Waals surface area contributed by atoms with E-state index in [4.69, 9.17) is 18.3 Å². The van der Waals surface area contributed by atoms with Crippen molar-refractivity contribution in [2.45, 2.75) is 80.4 Å². The van der Waals surface area contributed by atoms with E-state index >= 15 is 0 Å². The Labute approximate surface area is 547 Å². The molecule has 4 aromatic carbocycles. The lowest BCUT2D eigenvalue weighted by Gasteiger charge is -2.36. The molecule has 0 aromatic heterocycles. The molecule has 12 rings (SSSR count). The summed E-state index contributed by atoms with van der Waals surface area (Å²) < 4.78 is 29.4. The second-order valence-corrected chi connectivity index (χ2v) is 26.5. The highest BCUT2D eigenvalue weighted by atomic mass is 35.5. The van der Waals surface area contributed by atoms with Crippen LogP contribution in [0.2, 0.25) is 0 Å². The lowest BCUT2D eigenvalue weighted by Crippen LogP contribution is -3.00. The fraction of sp³-hybridized carbons (Fsp3) is 0.425. The Balaban J connectivity index is 0.000000211. The lowest BCUT2D eigenvalue weighted by atomic mass is 9.93. The van der Waals surface area contributed by atoms with Crippen LogP contribution in [0.5, 0.6) is 0 Å². The third kappa shape index (κ3) is 16.5. The molecule has 482 valence electrons. The number of ether oxygens (including phenoxy) is 2. The smallest absolute Gasteiger partial charge is 0.410 e. The predicted molar refractivity (Wildman–Crippen MR) is 355 cm³/mol. The maximum atomic E-state index is 12.6. The highest BCUT2D eigenvalue weighted by Gasteiger charge is 2.30. The van der Waals surface area contributed by atoms with Gasteiger partial charge in [-0.25, -0.2) is 13.9 Å². The van der Waals surface area contributed by atoms with Crippen LogP contribution in [-0.4, -0.2) is 179 Å². The SMILES string of the molecule is CC(=O)CN1CCN(c2ccc3c(-c4ccc(C)cc4)c4ccc(=[N+]5CCN(CC(=O)COC(C)(C)C)CC5)cc-4oc3c2)CC1.CC(=O)N1CC[N+](=c2ccc3c(-c4ccc(C)cc4)c4ccc(N5CCN(C(=O)OC(C)(C)C)CC5)cc4oc-3c2)CC1.[Cl-].[Cl-]. The number of benzene rings is 6. The number of fused-ring (bicyclic) bond motifs is 4. The number of amides is 2. The van der Waals surface area contributed by atoms with Crippen LogP contribution in [0.25, 0.3) is 66.8 Å². The zero-order chi connectivity index (χ0) is 62.7. The van der Waals surface area contributed by atoms with Crippen molar-refractivity contribution in [3.05, 3.63) is 143 Å². The van der Waals surface area contributed by atoms with Gasteiger partial charge in [0, 0.05) is 128 Å². The van der Waals surface area contributed by atoms with Gasteiger partial charge in [-0.1, -0.05) is 59.7 Å². The summed E-state index contributed by atoms with van der Waals surface area (Å²) in [6.07, 6.45) is -0.256. The number of anilines is 2. The van der Waals surface area contributed by atoms with Crippen molar-refractivity contribution in [3.63, 3.8) is 0 Å². The van der Waals surface area contributed by atoms with E-state index in [2.05, 4.69) is 164 Å². The first-order valence-corrected chi connectivity index (χ1v) is 31.7. The van der Waals surface area contributed by atoms with Gasteiger partial charge in [0.2, 0.25) is 16.6 Å². The molecule has 0 bridgehead atoms. The monoisotopic (exact) mass is 1270 g/mol. The Morgan fingerprint density at radius 1 is 0.484 bits per heavy atom. The number of carbonyl (C=O) groups is 4. The van der Waals surface area contributed by atoms with Crippen LogP contribution in [0.1, 0.15) is 66.5 Å². The summed E-state index contributed by atoms with van der Waals surface area (Å²) in [5.41, 5.74) is 12.4. The van der Waals surface area contributed by atoms with Crippen molar-refractivity contribution >= 4 is 56.9 Å². The summed E-state index contributed by atoms with van der Waals surface area (Å²) in [5, 5.41) is 4.39. The van der Waals surface area contributed by atoms with E-state index in [9.17, 15) is 19.2 Å². The van der Waals surface area contributed by atoms with Gasteiger partial charge in [0.25, 0.3) is 0 Å². The minimum absolute atomic E-state index is 0. The lowest BCUT2D eigenvalue weighted by molar-refractivity contribution is -0.130. The van der Waals surface area contributed by atoms with E-state index in [0.29, 0.717) is 26.2 Å². The van der Waals surface area contributed by atoms with Gasteiger partial charge in [0.05, 0.1) is 57.0 Å². The Morgan fingerprint density at radius 2 is 0.923 bits per heavy atom. The average molecular weight is 1280 g/mol. The van der Waals surface area contributed by atoms with E-state index in [1.54, 1.807) is 18.7 Å². The third-order valence-electron chi connectivity index (χ3n) is 17.4. The van der Waals surface area contributed by atoms with Crippen molar-refractivity contribution in [2.75, 3.05) is 134 Å². The summed E-state index contributed by atoms with van der Waals surface area (Å²) in [6.45, 7) is 32.8. The normalized spacial score (nSPS) is 16.2. The van der Waals surface area contributed by atoms with Crippen molar-refractivity contribution in [1.82, 2.24) is 28.8 Å². The molecular formula is C73H88Cl2N8O8. The zero-order valence-electron chi connectivity index (χ0n) is 54.6. The number of rotatable bonds is 10. The number of nitrogens with zero attached hydrogens (tertiary/aromatic N) is 8. The minimum Gasteiger partial charge on any atom is -1.00 e. The van der Waals surface area contributed by atoms with Gasteiger partial charge in [0.15, 0.2) is 32.0 Å². The highest BCUT2D eigenvalue weighted by Crippen LogP contribution is 2.43. The first kappa shape index (κ1) is 67.8. The van der Waals surface area contributed by atoms with E-state index in [0.717, 1.165) is 169 Å². The molecule has 4 saturated heterocycles. The van der Waals surface area contributed by atoms with Crippen LogP contribution < -0.4 is 54.5 Å². The molecule has 18 heteroatoms. The third-order valence-corrected chi connectivity index (χ3v) is 17.4. The number of Topliss-reactive ketones (excluding diaryl/α,β-unsaturated/α-hetero) is 2. The van der Waals surface area contributed by atoms with Crippen molar-refractivity contribution in [3.8, 4) is 44.9 Å². The van der Waals surface area contributed by atoms with Crippen LogP contribution in [-0.2, 0) is 23.9 Å². The Hall–Kier alpha value is -7.60. The summed E-state index contributed by atoms with van der Waals surface area (Å²) in [7, 11) is 0. The molecule has 0 radical (unpaired) electrons. The Morgan fingerprint density at radius 3 is 1.35 bits per heavy atom. The van der Waals surface area contributed by atoms with Gasteiger partial charge in [-0.3, -0.25) is 24.2 Å². The van der Waals surface area contributed by atoms with E-state index < -0.39 is 5.60 Å².